The monoisotopic (exact) mass is 342 g/mol. The van der Waals surface area contributed by atoms with E-state index in [-0.39, 0.29) is 24.1 Å². The molecule has 0 bridgehead atoms. The van der Waals surface area contributed by atoms with E-state index in [0.717, 1.165) is 22.4 Å². The van der Waals surface area contributed by atoms with Gasteiger partial charge in [-0.1, -0.05) is 30.3 Å². The van der Waals surface area contributed by atoms with Gasteiger partial charge in [0.15, 0.2) is 0 Å². The summed E-state index contributed by atoms with van der Waals surface area (Å²) in [7, 11) is 0. The molecule has 0 aliphatic carbocycles. The molecule has 2 aromatic rings. The third kappa shape index (κ3) is 5.14. The molecule has 1 N–H and O–H groups in total. The highest BCUT2D eigenvalue weighted by atomic mass is 19.1. The third-order valence-electron chi connectivity index (χ3n) is 4.05. The summed E-state index contributed by atoms with van der Waals surface area (Å²) in [4.78, 5) is 25.8. The van der Waals surface area contributed by atoms with E-state index in [4.69, 9.17) is 0 Å². The number of carbonyl (C=O) groups is 2. The number of rotatable bonds is 6. The van der Waals surface area contributed by atoms with Gasteiger partial charge in [0.05, 0.1) is 0 Å². The minimum absolute atomic E-state index is 0.0938. The van der Waals surface area contributed by atoms with Gasteiger partial charge in [-0.05, 0) is 42.7 Å². The highest BCUT2D eigenvalue weighted by molar-refractivity contribution is 5.94. The van der Waals surface area contributed by atoms with Crippen molar-refractivity contribution in [3.8, 4) is 0 Å². The lowest BCUT2D eigenvalue weighted by atomic mass is 10.1. The van der Waals surface area contributed by atoms with Gasteiger partial charge < -0.3 is 10.2 Å². The van der Waals surface area contributed by atoms with Crippen molar-refractivity contribution in [3.05, 3.63) is 65.0 Å². The van der Waals surface area contributed by atoms with Gasteiger partial charge in [0.25, 0.3) is 0 Å². The number of carbonyl (C=O) groups excluding carboxylic acids is 2. The Labute approximate surface area is 147 Å². The molecule has 0 saturated carbocycles. The molecule has 2 aromatic carbocycles. The van der Waals surface area contributed by atoms with E-state index in [9.17, 15) is 14.0 Å². The van der Waals surface area contributed by atoms with E-state index >= 15 is 0 Å². The number of nitrogens with zero attached hydrogens (tertiary/aromatic N) is 1. The van der Waals surface area contributed by atoms with Crippen molar-refractivity contribution < 1.29 is 14.0 Å². The van der Waals surface area contributed by atoms with E-state index in [1.807, 2.05) is 32.0 Å². The van der Waals surface area contributed by atoms with Crippen LogP contribution in [0.5, 0.6) is 0 Å². The molecule has 4 nitrogen and oxygen atoms in total. The number of nitrogens with one attached hydrogen (secondary N) is 1. The second kappa shape index (κ2) is 8.42. The van der Waals surface area contributed by atoms with Crippen LogP contribution in [0, 0.1) is 19.7 Å². The fourth-order valence-electron chi connectivity index (χ4n) is 2.76. The Kier molecular flexibility index (Phi) is 6.28. The summed E-state index contributed by atoms with van der Waals surface area (Å²) in [6.45, 7) is 6.06. The van der Waals surface area contributed by atoms with Gasteiger partial charge in [0.2, 0.25) is 11.8 Å². The predicted molar refractivity (Wildman–Crippen MR) is 96.8 cm³/mol. The maximum Gasteiger partial charge on any atom is 0.223 e. The van der Waals surface area contributed by atoms with Crippen LogP contribution in [0.1, 0.15) is 30.0 Å². The molecular formula is C20H23FN2O2. The SMILES string of the molecule is CC(=O)N(CCC(=O)NCc1ccc(F)cc1)c1c(C)cccc1C. The van der Waals surface area contributed by atoms with Crippen LogP contribution in [0.25, 0.3) is 0 Å². The number of halogens is 1. The molecule has 0 atom stereocenters. The van der Waals surface area contributed by atoms with E-state index in [2.05, 4.69) is 5.32 Å². The maximum absolute atomic E-state index is 12.9. The topological polar surface area (TPSA) is 49.4 Å². The number of para-hydroxylation sites is 1. The first-order chi connectivity index (χ1) is 11.9. The van der Waals surface area contributed by atoms with Crippen LogP contribution in [0.4, 0.5) is 10.1 Å². The minimum atomic E-state index is -0.305. The van der Waals surface area contributed by atoms with Gasteiger partial charge in [-0.15, -0.1) is 0 Å². The summed E-state index contributed by atoms with van der Waals surface area (Å²) in [6, 6.07) is 11.8. The lowest BCUT2D eigenvalue weighted by molar-refractivity contribution is -0.121. The van der Waals surface area contributed by atoms with Crippen molar-refractivity contribution >= 4 is 17.5 Å². The van der Waals surface area contributed by atoms with Gasteiger partial charge in [-0.25, -0.2) is 4.39 Å². The molecule has 0 heterocycles. The zero-order valence-corrected chi connectivity index (χ0v) is 14.8. The van der Waals surface area contributed by atoms with Crippen molar-refractivity contribution in [2.75, 3.05) is 11.4 Å². The predicted octanol–water partition coefficient (Wildman–Crippen LogP) is 3.50. The van der Waals surface area contributed by atoms with Crippen LogP contribution < -0.4 is 10.2 Å². The molecule has 0 fully saturated rings. The number of hydrogen-bond donors (Lipinski definition) is 1. The van der Waals surface area contributed by atoms with Crippen molar-refractivity contribution in [2.45, 2.75) is 33.7 Å². The average molecular weight is 342 g/mol. The molecule has 25 heavy (non-hydrogen) atoms. The zero-order chi connectivity index (χ0) is 18.4. The van der Waals surface area contributed by atoms with Crippen molar-refractivity contribution in [3.63, 3.8) is 0 Å². The second-order valence-corrected chi connectivity index (χ2v) is 6.06. The molecule has 0 spiro atoms. The summed E-state index contributed by atoms with van der Waals surface area (Å²) in [5.41, 5.74) is 3.69. The van der Waals surface area contributed by atoms with Crippen LogP contribution >= 0.6 is 0 Å². The molecule has 2 amide bonds. The zero-order valence-electron chi connectivity index (χ0n) is 14.8. The molecule has 0 aromatic heterocycles. The smallest absolute Gasteiger partial charge is 0.223 e. The summed E-state index contributed by atoms with van der Waals surface area (Å²) < 4.78 is 12.9. The second-order valence-electron chi connectivity index (χ2n) is 6.06. The summed E-state index contributed by atoms with van der Waals surface area (Å²) >= 11 is 0. The van der Waals surface area contributed by atoms with Gasteiger partial charge in [0.1, 0.15) is 5.82 Å². The fraction of sp³-hybridized carbons (Fsp3) is 0.300. The number of amides is 2. The molecular weight excluding hydrogens is 319 g/mol. The molecule has 132 valence electrons. The Bertz CT molecular complexity index is 737. The number of anilines is 1. The van der Waals surface area contributed by atoms with E-state index in [1.54, 1.807) is 17.0 Å². The first-order valence-electron chi connectivity index (χ1n) is 8.24. The Morgan fingerprint density at radius 2 is 1.64 bits per heavy atom. The molecule has 0 saturated heterocycles. The van der Waals surface area contributed by atoms with Gasteiger partial charge in [-0.2, -0.15) is 0 Å². The molecule has 5 heteroatoms. The lowest BCUT2D eigenvalue weighted by Gasteiger charge is -2.25. The molecule has 2 rings (SSSR count). The molecule has 0 aliphatic rings. The maximum atomic E-state index is 12.9. The van der Waals surface area contributed by atoms with Crippen LogP contribution in [-0.2, 0) is 16.1 Å². The summed E-state index contributed by atoms with van der Waals surface area (Å²) in [5, 5.41) is 2.79. The van der Waals surface area contributed by atoms with Crippen LogP contribution in [0.3, 0.4) is 0 Å². The third-order valence-corrected chi connectivity index (χ3v) is 4.05. The van der Waals surface area contributed by atoms with Crippen molar-refractivity contribution in [2.24, 2.45) is 0 Å². The first kappa shape index (κ1) is 18.6. The Morgan fingerprint density at radius 1 is 1.04 bits per heavy atom. The minimum Gasteiger partial charge on any atom is -0.352 e. The van der Waals surface area contributed by atoms with Crippen LogP contribution in [0.2, 0.25) is 0 Å². The molecule has 0 radical (unpaired) electrons. The first-order valence-corrected chi connectivity index (χ1v) is 8.24. The average Bonchev–Trinajstić information content (AvgIpc) is 2.56. The van der Waals surface area contributed by atoms with Crippen molar-refractivity contribution in [1.82, 2.24) is 5.32 Å². The van der Waals surface area contributed by atoms with Crippen LogP contribution in [0.15, 0.2) is 42.5 Å². The Balaban J connectivity index is 1.96. The Hall–Kier alpha value is -2.69. The van der Waals surface area contributed by atoms with Crippen molar-refractivity contribution in [1.29, 1.82) is 0 Å². The standard InChI is InChI=1S/C20H23FN2O2/c1-14-5-4-6-15(2)20(14)23(16(3)24)12-11-19(25)22-13-17-7-9-18(21)10-8-17/h4-10H,11-13H2,1-3H3,(H,22,25). The molecule has 0 unspecified atom stereocenters. The fourth-order valence-corrected chi connectivity index (χ4v) is 2.76. The number of benzene rings is 2. The Morgan fingerprint density at radius 3 is 2.20 bits per heavy atom. The normalized spacial score (nSPS) is 10.4. The molecule has 0 aliphatic heterocycles. The van der Waals surface area contributed by atoms with Crippen LogP contribution in [-0.4, -0.2) is 18.4 Å². The number of aryl methyl sites for hydroxylation is 2. The largest absolute Gasteiger partial charge is 0.352 e. The van der Waals surface area contributed by atoms with E-state index in [1.165, 1.54) is 19.1 Å². The van der Waals surface area contributed by atoms with Gasteiger partial charge in [-0.3, -0.25) is 9.59 Å². The summed E-state index contributed by atoms with van der Waals surface area (Å²) in [6.07, 6.45) is 0.203. The lowest BCUT2D eigenvalue weighted by Crippen LogP contribution is -2.34. The van der Waals surface area contributed by atoms with E-state index < -0.39 is 0 Å². The van der Waals surface area contributed by atoms with E-state index in [0.29, 0.717) is 13.1 Å². The quantitative estimate of drug-likeness (QED) is 0.873. The number of hydrogen-bond acceptors (Lipinski definition) is 2. The van der Waals surface area contributed by atoms with Gasteiger partial charge in [0, 0.05) is 32.1 Å². The highest BCUT2D eigenvalue weighted by Crippen LogP contribution is 2.24. The highest BCUT2D eigenvalue weighted by Gasteiger charge is 2.17. The summed E-state index contributed by atoms with van der Waals surface area (Å²) in [5.74, 6) is -0.550. The van der Waals surface area contributed by atoms with Gasteiger partial charge >= 0.3 is 0 Å².